The molecule has 0 atom stereocenters. The van der Waals surface area contributed by atoms with Crippen LogP contribution in [0.1, 0.15) is 43.0 Å². The van der Waals surface area contributed by atoms with Crippen LogP contribution >= 0.6 is 0 Å². The van der Waals surface area contributed by atoms with E-state index in [-0.39, 0.29) is 5.91 Å². The highest BCUT2D eigenvalue weighted by atomic mass is 16.4. The van der Waals surface area contributed by atoms with Crippen LogP contribution in [0.4, 0.5) is 0 Å². The molecule has 0 aliphatic rings. The van der Waals surface area contributed by atoms with E-state index in [9.17, 15) is 4.79 Å². The lowest BCUT2D eigenvalue weighted by atomic mass is 10.3. The molecule has 0 saturated carbocycles. The highest BCUT2D eigenvalue weighted by Gasteiger charge is 2.17. The normalized spacial score (nSPS) is 10.5. The fourth-order valence-electron chi connectivity index (χ4n) is 1.66. The maximum absolute atomic E-state index is 12.1. The van der Waals surface area contributed by atoms with E-state index >= 15 is 0 Å². The number of unbranched alkanes of at least 4 members (excludes halogenated alkanes) is 1. The first-order chi connectivity index (χ1) is 8.22. The van der Waals surface area contributed by atoms with Crippen LogP contribution in [0, 0.1) is 0 Å². The fourth-order valence-corrected chi connectivity index (χ4v) is 1.66. The predicted molar refractivity (Wildman–Crippen MR) is 68.0 cm³/mol. The maximum Gasteiger partial charge on any atom is 0.289 e. The van der Waals surface area contributed by atoms with Gasteiger partial charge in [0.25, 0.3) is 5.91 Å². The third-order valence-corrected chi connectivity index (χ3v) is 2.69. The summed E-state index contributed by atoms with van der Waals surface area (Å²) >= 11 is 0. The van der Waals surface area contributed by atoms with Crippen molar-refractivity contribution >= 4 is 5.91 Å². The lowest BCUT2D eigenvalue weighted by Gasteiger charge is -2.20. The van der Waals surface area contributed by atoms with Crippen LogP contribution in [0.5, 0.6) is 0 Å². The van der Waals surface area contributed by atoms with Gasteiger partial charge in [0.1, 0.15) is 5.76 Å². The van der Waals surface area contributed by atoms with Crippen molar-refractivity contribution in [2.24, 2.45) is 5.73 Å². The van der Waals surface area contributed by atoms with Crippen molar-refractivity contribution in [2.75, 3.05) is 19.6 Å². The third-order valence-electron chi connectivity index (χ3n) is 2.69. The fraction of sp³-hybridized carbons (Fsp3) is 0.615. The topological polar surface area (TPSA) is 59.5 Å². The number of carbonyl (C=O) groups excluding carboxylic acids is 1. The molecule has 1 rings (SSSR count). The van der Waals surface area contributed by atoms with Gasteiger partial charge in [0, 0.05) is 26.1 Å². The molecular formula is C13H22N2O2. The summed E-state index contributed by atoms with van der Waals surface area (Å²) in [5, 5.41) is 0. The molecule has 4 nitrogen and oxygen atoms in total. The molecule has 96 valence electrons. The van der Waals surface area contributed by atoms with Gasteiger partial charge in [0.05, 0.1) is 0 Å². The molecule has 0 unspecified atom stereocenters. The number of aryl methyl sites for hydroxylation is 1. The lowest BCUT2D eigenvalue weighted by molar-refractivity contribution is 0.0724. The molecule has 0 saturated heterocycles. The molecule has 0 aliphatic heterocycles. The zero-order valence-electron chi connectivity index (χ0n) is 10.7. The van der Waals surface area contributed by atoms with Crippen molar-refractivity contribution in [3.63, 3.8) is 0 Å². The van der Waals surface area contributed by atoms with Crippen molar-refractivity contribution in [1.82, 2.24) is 4.90 Å². The molecular weight excluding hydrogens is 216 g/mol. The van der Waals surface area contributed by atoms with E-state index in [1.54, 1.807) is 11.0 Å². The average Bonchev–Trinajstić information content (AvgIpc) is 2.82. The summed E-state index contributed by atoms with van der Waals surface area (Å²) in [5.41, 5.74) is 5.52. The number of furan rings is 1. The molecule has 0 aromatic carbocycles. The molecule has 0 aliphatic carbocycles. The summed E-state index contributed by atoms with van der Waals surface area (Å²) in [5.74, 6) is 1.21. The smallest absolute Gasteiger partial charge is 0.289 e. The minimum Gasteiger partial charge on any atom is -0.456 e. The first-order valence-corrected chi connectivity index (χ1v) is 6.31. The second-order valence-corrected chi connectivity index (χ2v) is 4.05. The molecule has 0 fully saturated rings. The van der Waals surface area contributed by atoms with Gasteiger partial charge in [-0.05, 0) is 18.6 Å². The molecule has 1 heterocycles. The van der Waals surface area contributed by atoms with Crippen LogP contribution in [-0.4, -0.2) is 30.4 Å². The summed E-state index contributed by atoms with van der Waals surface area (Å²) in [6, 6.07) is 3.60. The van der Waals surface area contributed by atoms with E-state index in [4.69, 9.17) is 10.2 Å². The van der Waals surface area contributed by atoms with Gasteiger partial charge >= 0.3 is 0 Å². The Kier molecular flexibility index (Phi) is 5.77. The quantitative estimate of drug-likeness (QED) is 0.790. The predicted octanol–water partition coefficient (Wildman–Crippen LogP) is 2.04. The van der Waals surface area contributed by atoms with Crippen LogP contribution in [0.2, 0.25) is 0 Å². The van der Waals surface area contributed by atoms with Gasteiger partial charge in [0.15, 0.2) is 5.76 Å². The van der Waals surface area contributed by atoms with Crippen LogP contribution in [0.15, 0.2) is 16.5 Å². The van der Waals surface area contributed by atoms with Gasteiger partial charge in [-0.25, -0.2) is 0 Å². The first-order valence-electron chi connectivity index (χ1n) is 6.31. The summed E-state index contributed by atoms with van der Waals surface area (Å²) < 4.78 is 5.47. The molecule has 2 N–H and O–H groups in total. The Balaban J connectivity index is 2.68. The van der Waals surface area contributed by atoms with Crippen molar-refractivity contribution in [3.8, 4) is 0 Å². The zero-order chi connectivity index (χ0) is 12.7. The summed E-state index contributed by atoms with van der Waals surface area (Å²) in [7, 11) is 0. The van der Waals surface area contributed by atoms with E-state index < -0.39 is 0 Å². The molecule has 17 heavy (non-hydrogen) atoms. The Hall–Kier alpha value is -1.29. The largest absolute Gasteiger partial charge is 0.456 e. The van der Waals surface area contributed by atoms with Crippen LogP contribution in [-0.2, 0) is 6.42 Å². The molecule has 1 aromatic rings. The van der Waals surface area contributed by atoms with Gasteiger partial charge in [-0.3, -0.25) is 4.79 Å². The van der Waals surface area contributed by atoms with Crippen molar-refractivity contribution in [3.05, 3.63) is 23.7 Å². The van der Waals surface area contributed by atoms with E-state index in [0.717, 1.165) is 31.6 Å². The number of nitrogens with zero attached hydrogens (tertiary/aromatic N) is 1. The summed E-state index contributed by atoms with van der Waals surface area (Å²) in [4.78, 5) is 13.9. The molecule has 0 spiro atoms. The number of rotatable bonds is 7. The number of hydrogen-bond acceptors (Lipinski definition) is 3. The number of hydrogen-bond donors (Lipinski definition) is 1. The molecule has 4 heteroatoms. The minimum atomic E-state index is -0.0522. The lowest BCUT2D eigenvalue weighted by Crippen LogP contribution is -2.35. The van der Waals surface area contributed by atoms with E-state index in [2.05, 4.69) is 6.92 Å². The second kappa shape index (κ2) is 7.12. The summed E-state index contributed by atoms with van der Waals surface area (Å²) in [6.45, 7) is 5.92. The molecule has 0 bridgehead atoms. The van der Waals surface area contributed by atoms with E-state index in [1.807, 2.05) is 13.0 Å². The van der Waals surface area contributed by atoms with Gasteiger partial charge in [-0.2, -0.15) is 0 Å². The van der Waals surface area contributed by atoms with Crippen molar-refractivity contribution in [1.29, 1.82) is 0 Å². The van der Waals surface area contributed by atoms with Gasteiger partial charge < -0.3 is 15.1 Å². The maximum atomic E-state index is 12.1. The van der Waals surface area contributed by atoms with E-state index in [1.165, 1.54) is 0 Å². The number of carbonyl (C=O) groups is 1. The second-order valence-electron chi connectivity index (χ2n) is 4.05. The van der Waals surface area contributed by atoms with E-state index in [0.29, 0.717) is 18.8 Å². The van der Waals surface area contributed by atoms with Crippen LogP contribution in [0.25, 0.3) is 0 Å². The minimum absolute atomic E-state index is 0.0522. The Bertz CT molecular complexity index is 347. The summed E-state index contributed by atoms with van der Waals surface area (Å²) in [6.07, 6.45) is 2.86. The third kappa shape index (κ3) is 3.89. The Morgan fingerprint density at radius 2 is 2.12 bits per heavy atom. The Morgan fingerprint density at radius 1 is 1.35 bits per heavy atom. The highest BCUT2D eigenvalue weighted by molar-refractivity contribution is 5.91. The standard InChI is InChI=1S/C13H22N2O2/c1-3-5-9-15(10-8-14)13(16)12-7-6-11(4-2)17-12/h6-7H,3-5,8-10,14H2,1-2H3. The Morgan fingerprint density at radius 3 is 2.65 bits per heavy atom. The van der Waals surface area contributed by atoms with Crippen molar-refractivity contribution in [2.45, 2.75) is 33.1 Å². The van der Waals surface area contributed by atoms with Gasteiger partial charge in [-0.1, -0.05) is 20.3 Å². The monoisotopic (exact) mass is 238 g/mol. The number of nitrogens with two attached hydrogens (primary N) is 1. The highest BCUT2D eigenvalue weighted by Crippen LogP contribution is 2.11. The van der Waals surface area contributed by atoms with Crippen LogP contribution in [0.3, 0.4) is 0 Å². The zero-order valence-corrected chi connectivity index (χ0v) is 10.7. The molecule has 1 aromatic heterocycles. The number of amides is 1. The first kappa shape index (κ1) is 13.8. The Labute approximate surface area is 103 Å². The SMILES string of the molecule is CCCCN(CCN)C(=O)c1ccc(CC)o1. The van der Waals surface area contributed by atoms with Crippen LogP contribution < -0.4 is 5.73 Å². The average molecular weight is 238 g/mol. The molecule has 0 radical (unpaired) electrons. The van der Waals surface area contributed by atoms with Crippen molar-refractivity contribution < 1.29 is 9.21 Å². The van der Waals surface area contributed by atoms with Gasteiger partial charge in [-0.15, -0.1) is 0 Å². The molecule has 1 amide bonds. The van der Waals surface area contributed by atoms with Gasteiger partial charge in [0.2, 0.25) is 0 Å².